The van der Waals surface area contributed by atoms with E-state index in [1.54, 1.807) is 6.20 Å². The molecule has 5 nitrogen and oxygen atoms in total. The first-order chi connectivity index (χ1) is 18.5. The van der Waals surface area contributed by atoms with Crippen LogP contribution in [-0.4, -0.2) is 22.4 Å². The number of hydrogen-bond donors (Lipinski definition) is 1. The van der Waals surface area contributed by atoms with E-state index in [0.717, 1.165) is 42.1 Å². The fraction of sp³-hybridized carbons (Fsp3) is 0.258. The number of nitrogens with zero attached hydrogens (tertiary/aromatic N) is 3. The number of halogens is 2. The molecule has 0 saturated carbocycles. The SMILES string of the molecule is Cc1ccccc1CCc1nc(N2CCCC2c2ccc(Cl)cc2)ncc1C(=O)NCc1ccc(Cl)cc1. The van der Waals surface area contributed by atoms with Gasteiger partial charge in [-0.05, 0) is 79.1 Å². The lowest BCUT2D eigenvalue weighted by Crippen LogP contribution is -2.28. The maximum atomic E-state index is 13.3. The molecule has 1 fully saturated rings. The third-order valence-electron chi connectivity index (χ3n) is 7.12. The normalized spacial score (nSPS) is 15.0. The average Bonchev–Trinajstić information content (AvgIpc) is 3.42. The van der Waals surface area contributed by atoms with Gasteiger partial charge in [0.05, 0.1) is 17.3 Å². The first-order valence-electron chi connectivity index (χ1n) is 12.9. The summed E-state index contributed by atoms with van der Waals surface area (Å²) in [6.45, 7) is 3.38. The summed E-state index contributed by atoms with van der Waals surface area (Å²) < 4.78 is 0. The number of hydrogen-bond acceptors (Lipinski definition) is 4. The van der Waals surface area contributed by atoms with Crippen molar-refractivity contribution in [3.8, 4) is 0 Å². The van der Waals surface area contributed by atoms with E-state index in [1.165, 1.54) is 16.7 Å². The van der Waals surface area contributed by atoms with Crippen molar-refractivity contribution in [3.63, 3.8) is 0 Å². The van der Waals surface area contributed by atoms with Crippen LogP contribution in [0.5, 0.6) is 0 Å². The summed E-state index contributed by atoms with van der Waals surface area (Å²) in [7, 11) is 0. The van der Waals surface area contributed by atoms with E-state index in [-0.39, 0.29) is 11.9 Å². The van der Waals surface area contributed by atoms with Crippen molar-refractivity contribution in [3.05, 3.63) is 123 Å². The van der Waals surface area contributed by atoms with Gasteiger partial charge in [0.25, 0.3) is 5.91 Å². The summed E-state index contributed by atoms with van der Waals surface area (Å²) in [5.74, 6) is 0.485. The Bertz CT molecular complexity index is 1410. The van der Waals surface area contributed by atoms with E-state index in [0.29, 0.717) is 29.5 Å². The van der Waals surface area contributed by atoms with E-state index in [2.05, 4.69) is 52.5 Å². The standard InChI is InChI=1S/C31H30Cl2N4O/c1-21-5-2-3-6-23(21)12-17-28-27(30(38)34-19-22-8-13-25(32)14-9-22)20-35-31(36-28)37-18-4-7-29(37)24-10-15-26(33)16-11-24/h2-3,5-6,8-11,13-16,20,29H,4,7,12,17-19H2,1H3,(H,34,38). The number of anilines is 1. The number of aromatic nitrogens is 2. The van der Waals surface area contributed by atoms with E-state index < -0.39 is 0 Å². The van der Waals surface area contributed by atoms with Crippen molar-refractivity contribution < 1.29 is 4.79 Å². The smallest absolute Gasteiger partial charge is 0.254 e. The highest BCUT2D eigenvalue weighted by Gasteiger charge is 2.29. The van der Waals surface area contributed by atoms with Crippen LogP contribution in [0.2, 0.25) is 10.0 Å². The van der Waals surface area contributed by atoms with Crippen LogP contribution in [0.4, 0.5) is 5.95 Å². The Labute approximate surface area is 233 Å². The quantitative estimate of drug-likeness (QED) is 0.256. The fourth-order valence-corrected chi connectivity index (χ4v) is 5.24. The predicted molar refractivity (Wildman–Crippen MR) is 154 cm³/mol. The number of amides is 1. The molecule has 1 N–H and O–H groups in total. The van der Waals surface area contributed by atoms with Crippen molar-refractivity contribution in [1.82, 2.24) is 15.3 Å². The van der Waals surface area contributed by atoms with Gasteiger partial charge in [-0.1, -0.05) is 71.7 Å². The molecular formula is C31H30Cl2N4O. The lowest BCUT2D eigenvalue weighted by atomic mass is 10.0. The molecule has 1 saturated heterocycles. The molecule has 1 amide bonds. The number of nitrogens with one attached hydrogen (secondary N) is 1. The molecule has 0 bridgehead atoms. The van der Waals surface area contributed by atoms with E-state index in [1.807, 2.05) is 42.5 Å². The summed E-state index contributed by atoms with van der Waals surface area (Å²) in [5, 5.41) is 4.42. The summed E-state index contributed by atoms with van der Waals surface area (Å²) >= 11 is 12.1. The molecule has 1 aliphatic rings. The van der Waals surface area contributed by atoms with Crippen LogP contribution in [0, 0.1) is 6.92 Å². The Morgan fingerprint density at radius 2 is 1.68 bits per heavy atom. The van der Waals surface area contributed by atoms with Gasteiger partial charge in [0.1, 0.15) is 0 Å². The van der Waals surface area contributed by atoms with Crippen LogP contribution in [0.15, 0.2) is 79.0 Å². The Kier molecular flexibility index (Phi) is 8.26. The van der Waals surface area contributed by atoms with E-state index in [4.69, 9.17) is 28.2 Å². The maximum absolute atomic E-state index is 13.3. The second kappa shape index (κ2) is 12.0. The van der Waals surface area contributed by atoms with Crippen molar-refractivity contribution >= 4 is 35.1 Å². The van der Waals surface area contributed by atoms with Gasteiger partial charge in [-0.2, -0.15) is 0 Å². The van der Waals surface area contributed by atoms with Gasteiger partial charge in [0, 0.05) is 29.3 Å². The summed E-state index contributed by atoms with van der Waals surface area (Å²) in [4.78, 5) is 25.2. The molecular weight excluding hydrogens is 515 g/mol. The summed E-state index contributed by atoms with van der Waals surface area (Å²) in [6.07, 6.45) is 5.19. The van der Waals surface area contributed by atoms with Gasteiger partial charge in [-0.15, -0.1) is 0 Å². The first kappa shape index (κ1) is 26.2. The van der Waals surface area contributed by atoms with E-state index in [9.17, 15) is 4.79 Å². The molecule has 1 unspecified atom stereocenters. The molecule has 4 aromatic rings. The monoisotopic (exact) mass is 544 g/mol. The lowest BCUT2D eigenvalue weighted by Gasteiger charge is -2.26. The number of benzene rings is 3. The Morgan fingerprint density at radius 1 is 0.974 bits per heavy atom. The predicted octanol–water partition coefficient (Wildman–Crippen LogP) is 7.15. The molecule has 0 aliphatic carbocycles. The molecule has 0 spiro atoms. The van der Waals surface area contributed by atoms with Crippen LogP contribution in [0.3, 0.4) is 0 Å². The van der Waals surface area contributed by atoms with Gasteiger partial charge >= 0.3 is 0 Å². The minimum absolute atomic E-state index is 0.179. The Morgan fingerprint density at radius 3 is 2.42 bits per heavy atom. The Balaban J connectivity index is 1.41. The third kappa shape index (κ3) is 6.17. The zero-order valence-electron chi connectivity index (χ0n) is 21.3. The third-order valence-corrected chi connectivity index (χ3v) is 7.63. The van der Waals surface area contributed by atoms with Gasteiger partial charge in [-0.3, -0.25) is 4.79 Å². The minimum Gasteiger partial charge on any atom is -0.348 e. The zero-order chi connectivity index (χ0) is 26.5. The number of rotatable bonds is 8. The van der Waals surface area contributed by atoms with Crippen molar-refractivity contribution in [2.75, 3.05) is 11.4 Å². The number of aryl methyl sites for hydroxylation is 3. The van der Waals surface area contributed by atoms with Crippen molar-refractivity contribution in [1.29, 1.82) is 0 Å². The fourth-order valence-electron chi connectivity index (χ4n) is 4.99. The van der Waals surface area contributed by atoms with Crippen molar-refractivity contribution in [2.24, 2.45) is 0 Å². The largest absolute Gasteiger partial charge is 0.348 e. The molecule has 5 rings (SSSR count). The molecule has 194 valence electrons. The van der Waals surface area contributed by atoms with E-state index >= 15 is 0 Å². The van der Waals surface area contributed by atoms with Crippen molar-refractivity contribution in [2.45, 2.75) is 45.2 Å². The lowest BCUT2D eigenvalue weighted by molar-refractivity contribution is 0.0949. The topological polar surface area (TPSA) is 58.1 Å². The molecule has 3 aromatic carbocycles. The first-order valence-corrected chi connectivity index (χ1v) is 13.7. The summed E-state index contributed by atoms with van der Waals surface area (Å²) in [6, 6.07) is 24.0. The molecule has 1 aliphatic heterocycles. The van der Waals surface area contributed by atoms with Crippen LogP contribution in [0.25, 0.3) is 0 Å². The Hall–Kier alpha value is -3.41. The van der Waals surface area contributed by atoms with Gasteiger partial charge < -0.3 is 10.2 Å². The maximum Gasteiger partial charge on any atom is 0.254 e. The molecule has 0 radical (unpaired) electrons. The highest BCUT2D eigenvalue weighted by atomic mass is 35.5. The van der Waals surface area contributed by atoms with Crippen LogP contribution < -0.4 is 10.2 Å². The van der Waals surface area contributed by atoms with Crippen LogP contribution >= 0.6 is 23.2 Å². The minimum atomic E-state index is -0.179. The van der Waals surface area contributed by atoms with Crippen LogP contribution in [-0.2, 0) is 19.4 Å². The van der Waals surface area contributed by atoms with Gasteiger partial charge in [0.2, 0.25) is 5.95 Å². The summed E-state index contributed by atoms with van der Waals surface area (Å²) in [5.41, 5.74) is 5.93. The highest BCUT2D eigenvalue weighted by Crippen LogP contribution is 2.35. The second-order valence-corrected chi connectivity index (χ2v) is 10.5. The highest BCUT2D eigenvalue weighted by molar-refractivity contribution is 6.30. The molecule has 38 heavy (non-hydrogen) atoms. The van der Waals surface area contributed by atoms with Gasteiger partial charge in [0.15, 0.2) is 0 Å². The number of carbonyl (C=O) groups excluding carboxylic acids is 1. The van der Waals surface area contributed by atoms with Crippen LogP contribution in [0.1, 0.15) is 57.2 Å². The molecule has 1 aromatic heterocycles. The molecule has 2 heterocycles. The average molecular weight is 546 g/mol. The second-order valence-electron chi connectivity index (χ2n) is 9.67. The molecule has 1 atom stereocenters. The zero-order valence-corrected chi connectivity index (χ0v) is 22.8. The number of carbonyl (C=O) groups is 1. The van der Waals surface area contributed by atoms with Gasteiger partial charge in [-0.25, -0.2) is 9.97 Å². The molecule has 7 heteroatoms.